The fourth-order valence-corrected chi connectivity index (χ4v) is 1.93. The van der Waals surface area contributed by atoms with Crippen LogP contribution in [0.3, 0.4) is 0 Å². The molecule has 0 aliphatic heterocycles. The molecule has 0 nitrogen and oxygen atoms in total. The lowest BCUT2D eigenvalue weighted by atomic mass is 9.88. The van der Waals surface area contributed by atoms with Gasteiger partial charge in [0.05, 0.1) is 0 Å². The Morgan fingerprint density at radius 3 is 1.77 bits per heavy atom. The van der Waals surface area contributed by atoms with Gasteiger partial charge in [-0.05, 0) is 24.2 Å². The van der Waals surface area contributed by atoms with Gasteiger partial charge in [0.1, 0.15) is 0 Å². The molecule has 0 aromatic rings. The summed E-state index contributed by atoms with van der Waals surface area (Å²) >= 11 is 0. The van der Waals surface area contributed by atoms with Gasteiger partial charge in [0.15, 0.2) is 0 Å². The molecule has 0 N–H and O–H groups in total. The van der Waals surface area contributed by atoms with Crippen LogP contribution in [0.1, 0.15) is 66.7 Å². The minimum absolute atomic E-state index is 0.879. The second-order valence-corrected chi connectivity index (χ2v) is 4.99. The third kappa shape index (κ3) is 7.10. The van der Waals surface area contributed by atoms with Crippen molar-refractivity contribution >= 4 is 0 Å². The molecule has 0 aromatic heterocycles. The molecule has 0 aliphatic rings. The molecule has 80 valence electrons. The van der Waals surface area contributed by atoms with Gasteiger partial charge in [-0.25, -0.2) is 0 Å². The quantitative estimate of drug-likeness (QED) is 0.528. The molecule has 1 unspecified atom stereocenters. The monoisotopic (exact) mass is 184 g/mol. The molecule has 0 aliphatic carbocycles. The Hall–Kier alpha value is 0. The van der Waals surface area contributed by atoms with Gasteiger partial charge < -0.3 is 0 Å². The molecule has 0 rings (SSSR count). The highest BCUT2D eigenvalue weighted by molar-refractivity contribution is 4.62. The van der Waals surface area contributed by atoms with Crippen molar-refractivity contribution in [3.8, 4) is 0 Å². The Bertz CT molecular complexity index is 101. The van der Waals surface area contributed by atoms with E-state index >= 15 is 0 Å². The SMILES string of the molecule is CCC(CC)CC(C)CCC(C)C. The normalized spacial score (nSPS) is 14.1. The van der Waals surface area contributed by atoms with Crippen LogP contribution in [0.2, 0.25) is 0 Å². The summed E-state index contributed by atoms with van der Waals surface area (Å²) in [5.41, 5.74) is 0. The van der Waals surface area contributed by atoms with Crippen molar-refractivity contribution in [2.75, 3.05) is 0 Å². The lowest BCUT2D eigenvalue weighted by Crippen LogP contribution is -2.05. The van der Waals surface area contributed by atoms with Crippen LogP contribution in [0.4, 0.5) is 0 Å². The van der Waals surface area contributed by atoms with Gasteiger partial charge in [-0.2, -0.15) is 0 Å². The second-order valence-electron chi connectivity index (χ2n) is 4.99. The molecule has 0 radical (unpaired) electrons. The minimum atomic E-state index is 0.879. The van der Waals surface area contributed by atoms with Crippen molar-refractivity contribution < 1.29 is 0 Å². The maximum Gasteiger partial charge on any atom is -0.0417 e. The number of hydrogen-bond acceptors (Lipinski definition) is 0. The molecule has 0 saturated carbocycles. The van der Waals surface area contributed by atoms with E-state index in [0.29, 0.717) is 0 Å². The van der Waals surface area contributed by atoms with Gasteiger partial charge in [0.2, 0.25) is 0 Å². The average Bonchev–Trinajstić information content (AvgIpc) is 2.10. The Kier molecular flexibility index (Phi) is 7.41. The second kappa shape index (κ2) is 7.41. The van der Waals surface area contributed by atoms with E-state index in [1.54, 1.807) is 0 Å². The van der Waals surface area contributed by atoms with Gasteiger partial charge in [-0.1, -0.05) is 60.3 Å². The van der Waals surface area contributed by atoms with Crippen molar-refractivity contribution in [3.63, 3.8) is 0 Å². The fourth-order valence-electron chi connectivity index (χ4n) is 1.93. The third-order valence-corrected chi connectivity index (χ3v) is 3.13. The standard InChI is InChI=1S/C13H28/c1-6-13(7-2)10-12(5)9-8-11(3)4/h11-13H,6-10H2,1-5H3. The highest BCUT2D eigenvalue weighted by Crippen LogP contribution is 2.23. The Balaban J connectivity index is 3.53. The zero-order valence-electron chi connectivity index (χ0n) is 10.3. The zero-order chi connectivity index (χ0) is 10.3. The topological polar surface area (TPSA) is 0 Å². The summed E-state index contributed by atoms with van der Waals surface area (Å²) in [6, 6.07) is 0. The Morgan fingerprint density at radius 1 is 0.846 bits per heavy atom. The molecule has 0 bridgehead atoms. The van der Waals surface area contributed by atoms with Crippen LogP contribution in [0.25, 0.3) is 0 Å². The van der Waals surface area contributed by atoms with E-state index in [2.05, 4.69) is 34.6 Å². The molecule has 0 spiro atoms. The smallest absolute Gasteiger partial charge is 0.0417 e. The van der Waals surface area contributed by atoms with Gasteiger partial charge >= 0.3 is 0 Å². The Morgan fingerprint density at radius 2 is 1.38 bits per heavy atom. The highest BCUT2D eigenvalue weighted by atomic mass is 14.2. The average molecular weight is 184 g/mol. The molecule has 0 heteroatoms. The van der Waals surface area contributed by atoms with Crippen molar-refractivity contribution in [3.05, 3.63) is 0 Å². The van der Waals surface area contributed by atoms with Gasteiger partial charge in [0.25, 0.3) is 0 Å². The lowest BCUT2D eigenvalue weighted by molar-refractivity contribution is 0.338. The van der Waals surface area contributed by atoms with Crippen LogP contribution < -0.4 is 0 Å². The van der Waals surface area contributed by atoms with Crippen molar-refractivity contribution in [1.29, 1.82) is 0 Å². The summed E-state index contributed by atoms with van der Waals surface area (Å²) in [6.07, 6.45) is 7.00. The van der Waals surface area contributed by atoms with E-state index in [-0.39, 0.29) is 0 Å². The van der Waals surface area contributed by atoms with E-state index in [1.807, 2.05) is 0 Å². The van der Waals surface area contributed by atoms with Crippen LogP contribution in [0, 0.1) is 17.8 Å². The van der Waals surface area contributed by atoms with E-state index in [9.17, 15) is 0 Å². The summed E-state index contributed by atoms with van der Waals surface area (Å²) in [6.45, 7) is 11.7. The predicted octanol–water partition coefficient (Wildman–Crippen LogP) is 4.89. The first-order valence-electron chi connectivity index (χ1n) is 6.10. The maximum atomic E-state index is 2.42. The van der Waals surface area contributed by atoms with Crippen LogP contribution in [0.15, 0.2) is 0 Å². The fraction of sp³-hybridized carbons (Fsp3) is 1.00. The Labute approximate surface area is 85.1 Å². The van der Waals surface area contributed by atoms with Crippen molar-refractivity contribution in [1.82, 2.24) is 0 Å². The zero-order valence-corrected chi connectivity index (χ0v) is 10.3. The first-order chi connectivity index (χ1) is 6.10. The summed E-state index contributed by atoms with van der Waals surface area (Å²) in [4.78, 5) is 0. The van der Waals surface area contributed by atoms with E-state index < -0.39 is 0 Å². The largest absolute Gasteiger partial charge is 0.0651 e. The first kappa shape index (κ1) is 13.0. The summed E-state index contributed by atoms with van der Waals surface area (Å²) in [5, 5.41) is 0. The minimum Gasteiger partial charge on any atom is -0.0651 e. The molecule has 0 heterocycles. The summed E-state index contributed by atoms with van der Waals surface area (Å²) < 4.78 is 0. The van der Waals surface area contributed by atoms with Crippen LogP contribution >= 0.6 is 0 Å². The first-order valence-corrected chi connectivity index (χ1v) is 6.10. The van der Waals surface area contributed by atoms with E-state index in [1.165, 1.54) is 32.1 Å². The van der Waals surface area contributed by atoms with Gasteiger partial charge in [0, 0.05) is 0 Å². The number of rotatable bonds is 7. The molecule has 13 heavy (non-hydrogen) atoms. The van der Waals surface area contributed by atoms with Gasteiger partial charge in [-0.3, -0.25) is 0 Å². The van der Waals surface area contributed by atoms with Crippen LogP contribution in [-0.2, 0) is 0 Å². The lowest BCUT2D eigenvalue weighted by Gasteiger charge is -2.18. The molecular weight excluding hydrogens is 156 g/mol. The van der Waals surface area contributed by atoms with Crippen LogP contribution in [0.5, 0.6) is 0 Å². The number of hydrogen-bond donors (Lipinski definition) is 0. The van der Waals surface area contributed by atoms with Gasteiger partial charge in [-0.15, -0.1) is 0 Å². The molecule has 0 amide bonds. The van der Waals surface area contributed by atoms with Crippen molar-refractivity contribution in [2.45, 2.75) is 66.7 Å². The summed E-state index contributed by atoms with van der Waals surface area (Å²) in [7, 11) is 0. The van der Waals surface area contributed by atoms with Crippen molar-refractivity contribution in [2.24, 2.45) is 17.8 Å². The molecule has 1 atom stereocenters. The molecule has 0 aromatic carbocycles. The van der Waals surface area contributed by atoms with E-state index in [4.69, 9.17) is 0 Å². The molecule has 0 saturated heterocycles. The van der Waals surface area contributed by atoms with E-state index in [0.717, 1.165) is 17.8 Å². The van der Waals surface area contributed by atoms with Crippen LogP contribution in [-0.4, -0.2) is 0 Å². The summed E-state index contributed by atoms with van der Waals surface area (Å²) in [5.74, 6) is 2.79. The predicted molar refractivity (Wildman–Crippen MR) is 61.9 cm³/mol. The third-order valence-electron chi connectivity index (χ3n) is 3.13. The molecular formula is C13H28. The molecule has 0 fully saturated rings. The maximum absolute atomic E-state index is 2.42. The highest BCUT2D eigenvalue weighted by Gasteiger charge is 2.09.